The van der Waals surface area contributed by atoms with Crippen LogP contribution in [0.1, 0.15) is 16.7 Å². The number of halogens is 2. The van der Waals surface area contributed by atoms with Crippen molar-refractivity contribution in [2.24, 2.45) is 4.99 Å². The zero-order valence-corrected chi connectivity index (χ0v) is 12.8. The van der Waals surface area contributed by atoms with Crippen LogP contribution in [-0.4, -0.2) is 24.7 Å². The second-order valence-electron chi connectivity index (χ2n) is 5.50. The van der Waals surface area contributed by atoms with E-state index < -0.39 is 0 Å². The Bertz CT molecular complexity index is 902. The minimum absolute atomic E-state index is 0.117. The molecule has 0 spiro atoms. The number of fused-ring (bicyclic) bond motifs is 2. The lowest BCUT2D eigenvalue weighted by atomic mass is 9.92. The topological polar surface area (TPSA) is 41.5 Å². The maximum Gasteiger partial charge on any atom is 0.252 e. The highest BCUT2D eigenvalue weighted by atomic mass is 35.5. The molecule has 0 fully saturated rings. The lowest BCUT2D eigenvalue weighted by molar-refractivity contribution is -0.114. The van der Waals surface area contributed by atoms with E-state index in [0.29, 0.717) is 40.5 Å². The standard InChI is InChI=1S/C18H12ClFN2O/c19-11-5-6-12-14(7-11)17(13-3-1-2-4-15(13)20)21-8-10-9-22-18(23)16(10)12/h1-7H,8-9H2,(H,22,23). The average molecular weight is 327 g/mol. The van der Waals surface area contributed by atoms with Gasteiger partial charge >= 0.3 is 0 Å². The Morgan fingerprint density at radius 2 is 1.91 bits per heavy atom. The van der Waals surface area contributed by atoms with Crippen LogP contribution in [0.5, 0.6) is 0 Å². The Morgan fingerprint density at radius 1 is 1.09 bits per heavy atom. The second-order valence-corrected chi connectivity index (χ2v) is 5.93. The summed E-state index contributed by atoms with van der Waals surface area (Å²) < 4.78 is 14.3. The van der Waals surface area contributed by atoms with Gasteiger partial charge in [0.15, 0.2) is 0 Å². The SMILES string of the molecule is O=C1NCC2=C1c1ccc(Cl)cc1C(c1ccccc1F)=NC2. The highest BCUT2D eigenvalue weighted by Gasteiger charge is 2.29. The molecule has 0 unspecified atom stereocenters. The van der Waals surface area contributed by atoms with Gasteiger partial charge in [0.25, 0.3) is 5.91 Å². The molecule has 0 aromatic heterocycles. The van der Waals surface area contributed by atoms with E-state index >= 15 is 0 Å². The quantitative estimate of drug-likeness (QED) is 0.859. The van der Waals surface area contributed by atoms with E-state index in [1.165, 1.54) is 6.07 Å². The Kier molecular flexibility index (Phi) is 3.27. The van der Waals surface area contributed by atoms with Gasteiger partial charge in [0.1, 0.15) is 5.82 Å². The van der Waals surface area contributed by atoms with Crippen LogP contribution < -0.4 is 5.32 Å². The zero-order chi connectivity index (χ0) is 16.0. The molecule has 5 heteroatoms. The number of aliphatic imine (C=N–C) groups is 1. The van der Waals surface area contributed by atoms with E-state index in [2.05, 4.69) is 10.3 Å². The maximum absolute atomic E-state index is 14.3. The van der Waals surface area contributed by atoms with E-state index in [9.17, 15) is 9.18 Å². The summed E-state index contributed by atoms with van der Waals surface area (Å²) in [5, 5.41) is 3.34. The molecule has 23 heavy (non-hydrogen) atoms. The minimum atomic E-state index is -0.344. The molecule has 3 nitrogen and oxygen atoms in total. The molecule has 0 radical (unpaired) electrons. The van der Waals surface area contributed by atoms with E-state index in [4.69, 9.17) is 11.6 Å². The minimum Gasteiger partial charge on any atom is -0.348 e. The summed E-state index contributed by atoms with van der Waals surface area (Å²) in [7, 11) is 0. The summed E-state index contributed by atoms with van der Waals surface area (Å²) in [6, 6.07) is 11.8. The summed E-state index contributed by atoms with van der Waals surface area (Å²) in [5.74, 6) is -0.461. The van der Waals surface area contributed by atoms with Crippen molar-refractivity contribution in [2.75, 3.05) is 13.1 Å². The van der Waals surface area contributed by atoms with Crippen LogP contribution >= 0.6 is 11.6 Å². The number of amides is 1. The highest BCUT2D eigenvalue weighted by molar-refractivity contribution is 6.32. The fraction of sp³-hybridized carbons (Fsp3) is 0.111. The number of hydrogen-bond acceptors (Lipinski definition) is 2. The molecule has 0 aliphatic carbocycles. The van der Waals surface area contributed by atoms with Gasteiger partial charge in [-0.1, -0.05) is 29.8 Å². The van der Waals surface area contributed by atoms with Gasteiger partial charge in [-0.25, -0.2) is 4.39 Å². The van der Waals surface area contributed by atoms with Crippen LogP contribution in [0.4, 0.5) is 4.39 Å². The molecule has 0 atom stereocenters. The van der Waals surface area contributed by atoms with Gasteiger partial charge < -0.3 is 5.32 Å². The van der Waals surface area contributed by atoms with Crippen LogP contribution in [-0.2, 0) is 4.79 Å². The molecule has 2 heterocycles. The van der Waals surface area contributed by atoms with Crippen LogP contribution in [0.3, 0.4) is 0 Å². The molecule has 0 saturated carbocycles. The van der Waals surface area contributed by atoms with Crippen LogP contribution in [0.25, 0.3) is 5.57 Å². The number of hydrogen-bond donors (Lipinski definition) is 1. The molecule has 1 N–H and O–H groups in total. The third-order valence-electron chi connectivity index (χ3n) is 4.11. The van der Waals surface area contributed by atoms with Crippen molar-refractivity contribution >= 4 is 28.8 Å². The number of nitrogens with zero attached hydrogens (tertiary/aromatic N) is 1. The number of nitrogens with one attached hydrogen (secondary N) is 1. The number of carbonyl (C=O) groups is 1. The summed E-state index contributed by atoms with van der Waals surface area (Å²) in [6.07, 6.45) is 0. The van der Waals surface area contributed by atoms with Crippen LogP contribution in [0, 0.1) is 5.82 Å². The van der Waals surface area contributed by atoms with Crippen molar-refractivity contribution in [3.05, 3.63) is 75.6 Å². The summed E-state index contributed by atoms with van der Waals surface area (Å²) in [4.78, 5) is 16.8. The second kappa shape index (κ2) is 5.32. The maximum atomic E-state index is 14.3. The first-order chi connectivity index (χ1) is 11.1. The van der Waals surface area contributed by atoms with Crippen molar-refractivity contribution < 1.29 is 9.18 Å². The van der Waals surface area contributed by atoms with E-state index in [-0.39, 0.29) is 11.7 Å². The largest absolute Gasteiger partial charge is 0.348 e. The third-order valence-corrected chi connectivity index (χ3v) is 4.34. The number of carbonyl (C=O) groups excluding carboxylic acids is 1. The Hall–Kier alpha value is -2.46. The molecule has 0 saturated heterocycles. The first-order valence-electron chi connectivity index (χ1n) is 7.25. The summed E-state index contributed by atoms with van der Waals surface area (Å²) in [5.41, 5.74) is 3.93. The third kappa shape index (κ3) is 2.26. The molecular weight excluding hydrogens is 315 g/mol. The molecule has 114 valence electrons. The molecular formula is C18H12ClFN2O. The monoisotopic (exact) mass is 326 g/mol. The van der Waals surface area contributed by atoms with Crippen molar-refractivity contribution in [1.82, 2.24) is 5.32 Å². The average Bonchev–Trinajstić information content (AvgIpc) is 2.82. The predicted molar refractivity (Wildman–Crippen MR) is 88.3 cm³/mol. The highest BCUT2D eigenvalue weighted by Crippen LogP contribution is 2.33. The van der Waals surface area contributed by atoms with Crippen molar-refractivity contribution in [2.45, 2.75) is 0 Å². The lowest BCUT2D eigenvalue weighted by Gasteiger charge is -2.12. The van der Waals surface area contributed by atoms with Gasteiger partial charge in [-0.2, -0.15) is 0 Å². The van der Waals surface area contributed by atoms with Gasteiger partial charge in [-0.05, 0) is 35.4 Å². The van der Waals surface area contributed by atoms with E-state index in [1.54, 1.807) is 36.4 Å². The fourth-order valence-corrected chi connectivity index (χ4v) is 3.22. The molecule has 2 aliphatic rings. The number of rotatable bonds is 1. The first kappa shape index (κ1) is 14.2. The smallest absolute Gasteiger partial charge is 0.252 e. The van der Waals surface area contributed by atoms with E-state index in [0.717, 1.165) is 11.1 Å². The van der Waals surface area contributed by atoms with Gasteiger partial charge in [0, 0.05) is 22.7 Å². The Labute approximate surface area is 137 Å². The Balaban J connectivity index is 1.98. The van der Waals surface area contributed by atoms with Gasteiger partial charge in [0.05, 0.1) is 17.8 Å². The zero-order valence-electron chi connectivity index (χ0n) is 12.1. The lowest BCUT2D eigenvalue weighted by Crippen LogP contribution is -2.19. The normalized spacial score (nSPS) is 16.4. The summed E-state index contributed by atoms with van der Waals surface area (Å²) in [6.45, 7) is 0.842. The van der Waals surface area contributed by atoms with Gasteiger partial charge in [0.2, 0.25) is 0 Å². The molecule has 2 aromatic rings. The molecule has 2 aromatic carbocycles. The Morgan fingerprint density at radius 3 is 2.74 bits per heavy atom. The molecule has 2 aliphatic heterocycles. The molecule has 1 amide bonds. The van der Waals surface area contributed by atoms with Gasteiger partial charge in [-0.15, -0.1) is 0 Å². The van der Waals surface area contributed by atoms with E-state index in [1.807, 2.05) is 0 Å². The summed E-state index contributed by atoms with van der Waals surface area (Å²) >= 11 is 6.14. The fourth-order valence-electron chi connectivity index (χ4n) is 3.05. The molecule has 4 rings (SSSR count). The predicted octanol–water partition coefficient (Wildman–Crippen LogP) is 3.21. The van der Waals surface area contributed by atoms with Crippen LogP contribution in [0.2, 0.25) is 5.02 Å². The van der Waals surface area contributed by atoms with Crippen molar-refractivity contribution in [1.29, 1.82) is 0 Å². The first-order valence-corrected chi connectivity index (χ1v) is 7.63. The van der Waals surface area contributed by atoms with Crippen LogP contribution in [0.15, 0.2) is 53.0 Å². The van der Waals surface area contributed by atoms with Gasteiger partial charge in [-0.3, -0.25) is 9.79 Å². The molecule has 0 bridgehead atoms. The van der Waals surface area contributed by atoms with Crippen molar-refractivity contribution in [3.8, 4) is 0 Å². The van der Waals surface area contributed by atoms with Crippen molar-refractivity contribution in [3.63, 3.8) is 0 Å². The number of benzene rings is 2.